The van der Waals surface area contributed by atoms with Crippen LogP contribution in [0.25, 0.3) is 0 Å². The number of rotatable bonds is 4. The topological polar surface area (TPSA) is 83.0 Å². The summed E-state index contributed by atoms with van der Waals surface area (Å²) in [5, 5.41) is 3.12. The number of carbonyl (C=O) groups is 1. The molecule has 24 heavy (non-hydrogen) atoms. The van der Waals surface area contributed by atoms with E-state index in [4.69, 9.17) is 0 Å². The maximum Gasteiger partial charge on any atom is 0.290 e. The predicted molar refractivity (Wildman–Crippen MR) is 90.3 cm³/mol. The van der Waals surface area contributed by atoms with Crippen LogP contribution < -0.4 is 15.8 Å². The number of nitrogens with zero attached hydrogens (tertiary/aromatic N) is 3. The third-order valence-corrected chi connectivity index (χ3v) is 4.70. The normalized spacial score (nSPS) is 20.8. The van der Waals surface area contributed by atoms with Gasteiger partial charge in [-0.25, -0.2) is 4.98 Å². The lowest BCUT2D eigenvalue weighted by molar-refractivity contribution is 0.0923. The summed E-state index contributed by atoms with van der Waals surface area (Å²) in [6, 6.07) is 4.30. The van der Waals surface area contributed by atoms with Gasteiger partial charge in [-0.3, -0.25) is 9.59 Å². The van der Waals surface area contributed by atoms with Crippen LogP contribution in [0.3, 0.4) is 0 Å². The van der Waals surface area contributed by atoms with Gasteiger partial charge in [0.05, 0.1) is 0 Å². The van der Waals surface area contributed by atoms with Gasteiger partial charge >= 0.3 is 0 Å². The van der Waals surface area contributed by atoms with Gasteiger partial charge in [-0.2, -0.15) is 0 Å². The summed E-state index contributed by atoms with van der Waals surface area (Å²) in [5.74, 6) is 0.395. The Morgan fingerprint density at radius 2 is 2.21 bits per heavy atom. The molecule has 1 aliphatic heterocycles. The van der Waals surface area contributed by atoms with Crippen LogP contribution >= 0.6 is 0 Å². The van der Waals surface area contributed by atoms with E-state index in [1.165, 1.54) is 6.20 Å². The summed E-state index contributed by atoms with van der Waals surface area (Å²) in [4.78, 5) is 33.3. The first kappa shape index (κ1) is 15.0. The minimum absolute atomic E-state index is 0.0233. The molecular weight excluding hydrogens is 306 g/mol. The van der Waals surface area contributed by atoms with E-state index >= 15 is 0 Å². The third kappa shape index (κ3) is 2.93. The van der Waals surface area contributed by atoms with Crippen molar-refractivity contribution in [2.24, 2.45) is 0 Å². The van der Waals surface area contributed by atoms with Gasteiger partial charge in [0.1, 0.15) is 5.69 Å². The van der Waals surface area contributed by atoms with Crippen LogP contribution in [-0.4, -0.2) is 39.6 Å². The highest BCUT2D eigenvalue weighted by molar-refractivity contribution is 5.93. The number of carbonyl (C=O) groups excluding carboxylic acids is 1. The lowest BCUT2D eigenvalue weighted by Crippen LogP contribution is -2.49. The van der Waals surface area contributed by atoms with Gasteiger partial charge in [0.25, 0.3) is 11.5 Å². The molecule has 1 amide bonds. The number of anilines is 1. The molecule has 0 aromatic carbocycles. The first-order valence-corrected chi connectivity index (χ1v) is 8.49. The molecule has 4 rings (SSSR count). The van der Waals surface area contributed by atoms with Crippen molar-refractivity contribution in [2.75, 3.05) is 18.0 Å². The summed E-state index contributed by atoms with van der Waals surface area (Å²) in [5.41, 5.74) is 0.539. The van der Waals surface area contributed by atoms with Gasteiger partial charge in [0, 0.05) is 43.8 Å². The van der Waals surface area contributed by atoms with Crippen LogP contribution in [0.5, 0.6) is 0 Å². The van der Waals surface area contributed by atoms with Crippen LogP contribution in [0.1, 0.15) is 42.2 Å². The summed E-state index contributed by atoms with van der Waals surface area (Å²) in [7, 11) is 0. The van der Waals surface area contributed by atoms with E-state index in [0.29, 0.717) is 18.4 Å². The van der Waals surface area contributed by atoms with Crippen molar-refractivity contribution in [1.29, 1.82) is 0 Å². The number of aromatic nitrogens is 3. The Bertz CT molecular complexity index is 792. The highest BCUT2D eigenvalue weighted by Gasteiger charge is 2.29. The van der Waals surface area contributed by atoms with Crippen LogP contribution in [-0.2, 0) is 0 Å². The highest BCUT2D eigenvalue weighted by Crippen LogP contribution is 2.36. The summed E-state index contributed by atoms with van der Waals surface area (Å²) in [6.45, 7) is 1.39. The Morgan fingerprint density at radius 1 is 1.33 bits per heavy atom. The van der Waals surface area contributed by atoms with E-state index in [1.807, 2.05) is 23.2 Å². The van der Waals surface area contributed by atoms with Gasteiger partial charge in [-0.05, 0) is 37.8 Å². The number of piperidine rings is 1. The molecule has 2 N–H and O–H groups in total. The average Bonchev–Trinajstić information content (AvgIpc) is 3.32. The highest BCUT2D eigenvalue weighted by atomic mass is 16.2. The minimum Gasteiger partial charge on any atom is -0.350 e. The SMILES string of the molecule is O=C(N[C@H]1CCCN(c2ncc[nH]c2=O)C1)c1cccn1C1CC1. The molecule has 2 fully saturated rings. The van der Waals surface area contributed by atoms with Crippen molar-refractivity contribution in [3.05, 3.63) is 46.8 Å². The fourth-order valence-electron chi connectivity index (χ4n) is 3.37. The van der Waals surface area contributed by atoms with Gasteiger partial charge in [-0.15, -0.1) is 0 Å². The molecule has 126 valence electrons. The Morgan fingerprint density at radius 3 is 3.00 bits per heavy atom. The van der Waals surface area contributed by atoms with Crippen molar-refractivity contribution in [2.45, 2.75) is 37.8 Å². The Kier molecular flexibility index (Phi) is 3.84. The molecule has 0 unspecified atom stereocenters. The lowest BCUT2D eigenvalue weighted by atomic mass is 10.1. The zero-order valence-electron chi connectivity index (χ0n) is 13.4. The third-order valence-electron chi connectivity index (χ3n) is 4.70. The van der Waals surface area contributed by atoms with Crippen molar-refractivity contribution in [1.82, 2.24) is 19.9 Å². The second kappa shape index (κ2) is 6.14. The smallest absolute Gasteiger partial charge is 0.290 e. The molecular formula is C17H21N5O2. The second-order valence-corrected chi connectivity index (χ2v) is 6.53. The quantitative estimate of drug-likeness (QED) is 0.887. The standard InChI is InChI=1S/C17H21N5O2/c23-16(14-4-2-10-22(14)13-5-6-13)20-12-3-1-9-21(11-12)15-17(24)19-8-7-18-15/h2,4,7-8,10,12-13H,1,3,5-6,9,11H2,(H,19,24)(H,20,23)/t12-/m0/s1. The lowest BCUT2D eigenvalue weighted by Gasteiger charge is -2.33. The minimum atomic E-state index is -0.188. The van der Waals surface area contributed by atoms with E-state index in [2.05, 4.69) is 19.9 Å². The largest absolute Gasteiger partial charge is 0.350 e. The second-order valence-electron chi connectivity index (χ2n) is 6.53. The maximum atomic E-state index is 12.6. The van der Waals surface area contributed by atoms with Crippen LogP contribution in [0.15, 0.2) is 35.5 Å². The van der Waals surface area contributed by atoms with E-state index < -0.39 is 0 Å². The molecule has 0 bridgehead atoms. The van der Waals surface area contributed by atoms with Crippen molar-refractivity contribution in [3.63, 3.8) is 0 Å². The first-order chi connectivity index (χ1) is 11.7. The van der Waals surface area contributed by atoms with Gasteiger partial charge in [0.15, 0.2) is 5.82 Å². The number of aromatic amines is 1. The maximum absolute atomic E-state index is 12.6. The molecule has 1 aliphatic carbocycles. The molecule has 2 aromatic rings. The number of amides is 1. The van der Waals surface area contributed by atoms with Crippen molar-refractivity contribution < 1.29 is 4.79 Å². The Balaban J connectivity index is 1.45. The van der Waals surface area contributed by atoms with E-state index in [0.717, 1.165) is 37.9 Å². The number of hydrogen-bond acceptors (Lipinski definition) is 4. The van der Waals surface area contributed by atoms with Crippen LogP contribution in [0.2, 0.25) is 0 Å². The molecule has 1 saturated heterocycles. The zero-order valence-corrected chi connectivity index (χ0v) is 13.4. The predicted octanol–water partition coefficient (Wildman–Crippen LogP) is 1.31. The van der Waals surface area contributed by atoms with E-state index in [-0.39, 0.29) is 17.5 Å². The number of hydrogen-bond donors (Lipinski definition) is 2. The Labute approximate surface area is 139 Å². The summed E-state index contributed by atoms with van der Waals surface area (Å²) in [6.07, 6.45) is 9.22. The number of nitrogens with one attached hydrogen (secondary N) is 2. The first-order valence-electron chi connectivity index (χ1n) is 8.49. The van der Waals surface area contributed by atoms with Gasteiger partial charge in [0.2, 0.25) is 0 Å². The van der Waals surface area contributed by atoms with Crippen molar-refractivity contribution in [3.8, 4) is 0 Å². The molecule has 2 aliphatic rings. The molecule has 1 atom stereocenters. The molecule has 0 radical (unpaired) electrons. The fraction of sp³-hybridized carbons (Fsp3) is 0.471. The molecule has 1 saturated carbocycles. The average molecular weight is 327 g/mol. The van der Waals surface area contributed by atoms with Gasteiger partial charge in [-0.1, -0.05) is 0 Å². The zero-order chi connectivity index (χ0) is 16.5. The van der Waals surface area contributed by atoms with E-state index in [1.54, 1.807) is 6.20 Å². The van der Waals surface area contributed by atoms with Gasteiger partial charge < -0.3 is 19.8 Å². The van der Waals surface area contributed by atoms with Crippen LogP contribution in [0, 0.1) is 0 Å². The monoisotopic (exact) mass is 327 g/mol. The summed E-state index contributed by atoms with van der Waals surface area (Å²) >= 11 is 0. The van der Waals surface area contributed by atoms with Crippen LogP contribution in [0.4, 0.5) is 5.82 Å². The van der Waals surface area contributed by atoms with Crippen molar-refractivity contribution >= 4 is 11.7 Å². The van der Waals surface area contributed by atoms with E-state index in [9.17, 15) is 9.59 Å². The Hall–Kier alpha value is -2.57. The summed E-state index contributed by atoms with van der Waals surface area (Å²) < 4.78 is 2.07. The molecule has 2 aromatic heterocycles. The molecule has 7 nitrogen and oxygen atoms in total. The fourth-order valence-corrected chi connectivity index (χ4v) is 3.37. The molecule has 3 heterocycles. The molecule has 7 heteroatoms. The number of H-pyrrole nitrogens is 1. The molecule has 0 spiro atoms.